The molecule has 0 heterocycles. The van der Waals surface area contributed by atoms with E-state index in [0.29, 0.717) is 0 Å². The Morgan fingerprint density at radius 1 is 0.667 bits per heavy atom. The molecule has 101 valence electrons. The summed E-state index contributed by atoms with van der Waals surface area (Å²) in [7, 11) is 16.5. The van der Waals surface area contributed by atoms with E-state index in [-0.39, 0.29) is 0 Å². The lowest BCUT2D eigenvalue weighted by Gasteiger charge is -2.31. The maximum atomic E-state index is 3.38. The molecule has 0 aliphatic rings. The zero-order valence-electron chi connectivity index (χ0n) is 12.9. The molecule has 0 unspecified atom stereocenters. The Hall–Kier alpha value is -1.58. The quantitative estimate of drug-likeness (QED) is 0.806. The van der Waals surface area contributed by atoms with Gasteiger partial charge in [-0.2, -0.15) is 0 Å². The molecule has 1 rings (SSSR count). The fourth-order valence-electron chi connectivity index (χ4n) is 2.05. The van der Waals surface area contributed by atoms with Crippen LogP contribution in [0.15, 0.2) is 6.07 Å². The van der Waals surface area contributed by atoms with Crippen molar-refractivity contribution < 1.29 is 0 Å². The van der Waals surface area contributed by atoms with Crippen LogP contribution in [0.25, 0.3) is 0 Å². The molecule has 0 atom stereocenters. The first-order valence-corrected chi connectivity index (χ1v) is 6.05. The van der Waals surface area contributed by atoms with Crippen LogP contribution in [0.5, 0.6) is 0 Å². The Kier molecular flexibility index (Phi) is 4.33. The molecule has 1 aromatic rings. The van der Waals surface area contributed by atoms with Gasteiger partial charge in [-0.05, 0) is 6.07 Å². The molecular weight excluding hydrogens is 224 g/mol. The van der Waals surface area contributed by atoms with Crippen LogP contribution in [-0.2, 0) is 0 Å². The van der Waals surface area contributed by atoms with E-state index in [4.69, 9.17) is 0 Å². The first-order chi connectivity index (χ1) is 8.27. The van der Waals surface area contributed by atoms with Crippen LogP contribution in [0.1, 0.15) is 0 Å². The van der Waals surface area contributed by atoms with Gasteiger partial charge in [-0.15, -0.1) is 0 Å². The van der Waals surface area contributed by atoms with Gasteiger partial charge in [0.15, 0.2) is 0 Å². The molecular formula is C14H25N4. The summed E-state index contributed by atoms with van der Waals surface area (Å²) in [5.41, 5.74) is 4.69. The van der Waals surface area contributed by atoms with Crippen molar-refractivity contribution in [2.45, 2.75) is 0 Å². The highest BCUT2D eigenvalue weighted by Crippen LogP contribution is 2.42. The van der Waals surface area contributed by atoms with Gasteiger partial charge in [0, 0.05) is 62.4 Å². The smallest absolute Gasteiger partial charge is 0.0864 e. The van der Waals surface area contributed by atoms with Gasteiger partial charge in [0.2, 0.25) is 0 Å². The topological polar surface area (TPSA) is 13.0 Å². The maximum Gasteiger partial charge on any atom is 0.0864 e. The van der Waals surface area contributed by atoms with Crippen LogP contribution in [0.4, 0.5) is 22.7 Å². The van der Waals surface area contributed by atoms with E-state index in [0.717, 1.165) is 5.69 Å². The van der Waals surface area contributed by atoms with Crippen LogP contribution in [0.3, 0.4) is 0 Å². The Bertz CT molecular complexity index is 370. The summed E-state index contributed by atoms with van der Waals surface area (Å²) in [5, 5.41) is 0. The number of hydrogen-bond acceptors (Lipinski definition) is 4. The zero-order valence-corrected chi connectivity index (χ0v) is 12.9. The summed E-state index contributed by atoms with van der Waals surface area (Å²) in [4.78, 5) is 8.53. The lowest BCUT2D eigenvalue weighted by molar-refractivity contribution is 1.03. The molecule has 0 aliphatic heterocycles. The number of anilines is 4. The van der Waals surface area contributed by atoms with Crippen LogP contribution in [-0.4, -0.2) is 56.4 Å². The predicted molar refractivity (Wildman–Crippen MR) is 82.6 cm³/mol. The fraction of sp³-hybridized carbons (Fsp3) is 0.571. The molecule has 0 spiro atoms. The van der Waals surface area contributed by atoms with Crippen molar-refractivity contribution in [2.75, 3.05) is 76.0 Å². The summed E-state index contributed by atoms with van der Waals surface area (Å²) in [6.07, 6.45) is 0. The lowest BCUT2D eigenvalue weighted by atomic mass is 10.1. The summed E-state index contributed by atoms with van der Waals surface area (Å²) in [6, 6.07) is 5.43. The van der Waals surface area contributed by atoms with E-state index in [1.807, 2.05) is 14.1 Å². The molecule has 0 N–H and O–H groups in total. The van der Waals surface area contributed by atoms with E-state index in [9.17, 15) is 0 Å². The molecule has 0 aromatic heterocycles. The van der Waals surface area contributed by atoms with Crippen molar-refractivity contribution in [3.05, 3.63) is 12.1 Å². The zero-order chi connectivity index (χ0) is 14.0. The third-order valence-electron chi connectivity index (χ3n) is 2.86. The van der Waals surface area contributed by atoms with Gasteiger partial charge >= 0.3 is 0 Å². The second-order valence-electron chi connectivity index (χ2n) is 5.30. The van der Waals surface area contributed by atoms with Gasteiger partial charge in [-0.3, -0.25) is 0 Å². The van der Waals surface area contributed by atoms with E-state index in [2.05, 4.69) is 74.0 Å². The predicted octanol–water partition coefficient (Wildman–Crippen LogP) is 1.75. The minimum Gasteiger partial charge on any atom is -0.376 e. The van der Waals surface area contributed by atoms with Crippen molar-refractivity contribution in [3.63, 3.8) is 0 Å². The number of hydrogen-bond donors (Lipinski definition) is 0. The second-order valence-corrected chi connectivity index (χ2v) is 5.30. The minimum absolute atomic E-state index is 1.11. The first-order valence-electron chi connectivity index (χ1n) is 6.05. The Balaban J connectivity index is 3.60. The van der Waals surface area contributed by atoms with Gasteiger partial charge in [0.1, 0.15) is 0 Å². The molecule has 0 aliphatic carbocycles. The van der Waals surface area contributed by atoms with Crippen LogP contribution in [0.2, 0.25) is 0 Å². The highest BCUT2D eigenvalue weighted by Gasteiger charge is 2.19. The molecule has 1 radical (unpaired) electrons. The molecule has 0 saturated heterocycles. The Morgan fingerprint density at radius 3 is 1.50 bits per heavy atom. The number of rotatable bonds is 4. The summed E-state index contributed by atoms with van der Waals surface area (Å²) >= 11 is 0. The van der Waals surface area contributed by atoms with E-state index in [1.165, 1.54) is 17.1 Å². The second kappa shape index (κ2) is 5.38. The molecule has 0 fully saturated rings. The van der Waals surface area contributed by atoms with Gasteiger partial charge in [-0.1, -0.05) is 0 Å². The van der Waals surface area contributed by atoms with Crippen LogP contribution in [0, 0.1) is 6.07 Å². The molecule has 4 heteroatoms. The third-order valence-corrected chi connectivity index (χ3v) is 2.86. The van der Waals surface area contributed by atoms with Crippen LogP contribution >= 0.6 is 0 Å². The highest BCUT2D eigenvalue weighted by atomic mass is 15.2. The summed E-state index contributed by atoms with van der Waals surface area (Å²) in [6.45, 7) is 0. The molecule has 0 amide bonds. The van der Waals surface area contributed by atoms with Gasteiger partial charge in [-0.25, -0.2) is 0 Å². The average molecular weight is 249 g/mol. The molecule has 0 saturated carbocycles. The van der Waals surface area contributed by atoms with E-state index < -0.39 is 0 Å². The van der Waals surface area contributed by atoms with E-state index >= 15 is 0 Å². The van der Waals surface area contributed by atoms with Crippen molar-refractivity contribution in [2.24, 2.45) is 0 Å². The SMILES string of the molecule is CN(C)c1[c]cc(N(C)C)c(N(C)C)c1N(C)C. The monoisotopic (exact) mass is 249 g/mol. The van der Waals surface area contributed by atoms with Gasteiger partial charge in [0.25, 0.3) is 0 Å². The first kappa shape index (κ1) is 14.5. The normalized spacial score (nSPS) is 10.2. The lowest BCUT2D eigenvalue weighted by Crippen LogP contribution is -2.24. The minimum atomic E-state index is 1.11. The molecule has 0 bridgehead atoms. The number of nitrogens with zero attached hydrogens (tertiary/aromatic N) is 4. The standard InChI is InChI=1S/C14H25N4/c1-15(2)11-9-10-12(16(3)4)14(18(7)8)13(11)17(5)6/h9H,1-8H3. The van der Waals surface area contributed by atoms with Crippen molar-refractivity contribution in [3.8, 4) is 0 Å². The summed E-state index contributed by atoms with van der Waals surface area (Å²) in [5.74, 6) is 0. The summed E-state index contributed by atoms with van der Waals surface area (Å²) < 4.78 is 0. The largest absolute Gasteiger partial charge is 0.376 e. The molecule has 18 heavy (non-hydrogen) atoms. The molecule has 4 nitrogen and oxygen atoms in total. The van der Waals surface area contributed by atoms with Gasteiger partial charge in [0.05, 0.1) is 22.7 Å². The van der Waals surface area contributed by atoms with Crippen molar-refractivity contribution in [1.82, 2.24) is 0 Å². The van der Waals surface area contributed by atoms with Crippen molar-refractivity contribution in [1.29, 1.82) is 0 Å². The average Bonchev–Trinajstić information content (AvgIpc) is 2.26. The fourth-order valence-corrected chi connectivity index (χ4v) is 2.05. The maximum absolute atomic E-state index is 3.38. The van der Waals surface area contributed by atoms with E-state index in [1.54, 1.807) is 0 Å². The Labute approximate surface area is 111 Å². The van der Waals surface area contributed by atoms with Crippen LogP contribution < -0.4 is 19.6 Å². The molecule has 1 aromatic carbocycles. The number of benzene rings is 1. The Morgan fingerprint density at radius 2 is 1.17 bits per heavy atom. The van der Waals surface area contributed by atoms with Crippen molar-refractivity contribution >= 4 is 22.7 Å². The highest BCUT2D eigenvalue weighted by molar-refractivity contribution is 5.92. The van der Waals surface area contributed by atoms with Gasteiger partial charge < -0.3 is 19.6 Å². The third kappa shape index (κ3) is 2.63.